The zero-order chi connectivity index (χ0) is 13.6. The van der Waals surface area contributed by atoms with Crippen molar-refractivity contribution < 1.29 is 0 Å². The molecule has 2 aromatic rings. The molecule has 19 heavy (non-hydrogen) atoms. The second-order valence-corrected chi connectivity index (χ2v) is 6.40. The predicted octanol–water partition coefficient (Wildman–Crippen LogP) is 3.55. The van der Waals surface area contributed by atoms with Crippen molar-refractivity contribution in [3.63, 3.8) is 0 Å². The highest BCUT2D eigenvalue weighted by molar-refractivity contribution is 5.86. The van der Waals surface area contributed by atoms with Gasteiger partial charge in [0.2, 0.25) is 0 Å². The van der Waals surface area contributed by atoms with E-state index in [2.05, 4.69) is 62.2 Å². The number of hydrogen-bond acceptors (Lipinski definition) is 1. The minimum Gasteiger partial charge on any atom is -0.350 e. The Morgan fingerprint density at radius 1 is 1.32 bits per heavy atom. The first-order valence-corrected chi connectivity index (χ1v) is 7.31. The van der Waals surface area contributed by atoms with Crippen LogP contribution >= 0.6 is 0 Å². The standard InChI is InChI=1S/C17H24N2/c1-12(2)13-5-6-16-14(9-13)15(10-19(16)4)17(7-8-17)11-18-3/h5-6,9-10,12,18H,7-8,11H2,1-4H3. The van der Waals surface area contributed by atoms with Gasteiger partial charge in [-0.2, -0.15) is 0 Å². The maximum absolute atomic E-state index is 3.37. The summed E-state index contributed by atoms with van der Waals surface area (Å²) in [6.45, 7) is 5.63. The van der Waals surface area contributed by atoms with Gasteiger partial charge in [0.15, 0.2) is 0 Å². The lowest BCUT2D eigenvalue weighted by molar-refractivity contribution is 0.626. The van der Waals surface area contributed by atoms with E-state index in [1.807, 2.05) is 0 Å². The van der Waals surface area contributed by atoms with Gasteiger partial charge in [0.25, 0.3) is 0 Å². The largest absolute Gasteiger partial charge is 0.350 e. The van der Waals surface area contributed by atoms with Gasteiger partial charge in [-0.15, -0.1) is 0 Å². The Balaban J connectivity index is 2.16. The number of aryl methyl sites for hydroxylation is 1. The van der Waals surface area contributed by atoms with Crippen LogP contribution in [0.2, 0.25) is 0 Å². The van der Waals surface area contributed by atoms with E-state index in [0.717, 1.165) is 6.54 Å². The highest BCUT2D eigenvalue weighted by atomic mass is 14.9. The van der Waals surface area contributed by atoms with Crippen LogP contribution in [0.25, 0.3) is 10.9 Å². The number of rotatable bonds is 4. The van der Waals surface area contributed by atoms with Crippen LogP contribution in [0.3, 0.4) is 0 Å². The Labute approximate surface area is 115 Å². The number of aromatic nitrogens is 1. The summed E-state index contributed by atoms with van der Waals surface area (Å²) in [5.41, 5.74) is 4.74. The average Bonchev–Trinajstić information content (AvgIpc) is 3.08. The fourth-order valence-electron chi connectivity index (χ4n) is 3.22. The monoisotopic (exact) mass is 256 g/mol. The third-order valence-corrected chi connectivity index (χ3v) is 4.62. The summed E-state index contributed by atoms with van der Waals surface area (Å²) >= 11 is 0. The molecule has 0 spiro atoms. The molecule has 2 nitrogen and oxygen atoms in total. The summed E-state index contributed by atoms with van der Waals surface area (Å²) in [4.78, 5) is 0. The molecule has 0 unspecified atom stereocenters. The van der Waals surface area contributed by atoms with Crippen molar-refractivity contribution in [3.05, 3.63) is 35.5 Å². The van der Waals surface area contributed by atoms with E-state index < -0.39 is 0 Å². The van der Waals surface area contributed by atoms with E-state index in [4.69, 9.17) is 0 Å². The van der Waals surface area contributed by atoms with Crippen LogP contribution in [0.5, 0.6) is 0 Å². The van der Waals surface area contributed by atoms with E-state index in [0.29, 0.717) is 11.3 Å². The number of fused-ring (bicyclic) bond motifs is 1. The van der Waals surface area contributed by atoms with Gasteiger partial charge in [0, 0.05) is 36.1 Å². The summed E-state index contributed by atoms with van der Waals surface area (Å²) in [5, 5.41) is 4.83. The Kier molecular flexibility index (Phi) is 2.94. The lowest BCUT2D eigenvalue weighted by Gasteiger charge is -2.14. The molecule has 1 aliphatic rings. The smallest absolute Gasteiger partial charge is 0.0480 e. The van der Waals surface area contributed by atoms with E-state index in [1.165, 1.54) is 29.3 Å². The quantitative estimate of drug-likeness (QED) is 0.885. The van der Waals surface area contributed by atoms with Crippen molar-refractivity contribution in [1.82, 2.24) is 9.88 Å². The maximum atomic E-state index is 3.37. The van der Waals surface area contributed by atoms with Crippen LogP contribution in [0, 0.1) is 0 Å². The number of likely N-dealkylation sites (N-methyl/N-ethyl adjacent to an activating group) is 1. The minimum atomic E-state index is 0.393. The van der Waals surface area contributed by atoms with E-state index in [-0.39, 0.29) is 0 Å². The third-order valence-electron chi connectivity index (χ3n) is 4.62. The van der Waals surface area contributed by atoms with Crippen molar-refractivity contribution in [2.45, 2.75) is 38.0 Å². The van der Waals surface area contributed by atoms with Crippen molar-refractivity contribution in [2.24, 2.45) is 7.05 Å². The molecule has 0 radical (unpaired) electrons. The molecule has 1 heterocycles. The molecule has 2 heteroatoms. The van der Waals surface area contributed by atoms with Crippen LogP contribution in [-0.2, 0) is 12.5 Å². The topological polar surface area (TPSA) is 17.0 Å². The lowest BCUT2D eigenvalue weighted by atomic mass is 9.93. The van der Waals surface area contributed by atoms with Gasteiger partial charge < -0.3 is 9.88 Å². The normalized spacial score (nSPS) is 17.3. The van der Waals surface area contributed by atoms with E-state index in [1.54, 1.807) is 5.56 Å². The molecule has 0 atom stereocenters. The summed E-state index contributed by atoms with van der Waals surface area (Å²) in [5.74, 6) is 0.594. The highest BCUT2D eigenvalue weighted by Gasteiger charge is 2.45. The number of hydrogen-bond donors (Lipinski definition) is 1. The third kappa shape index (κ3) is 1.99. The van der Waals surface area contributed by atoms with Gasteiger partial charge >= 0.3 is 0 Å². The molecule has 3 rings (SSSR count). The molecule has 1 aromatic carbocycles. The Hall–Kier alpha value is -1.28. The van der Waals surface area contributed by atoms with Crippen LogP contribution in [0.4, 0.5) is 0 Å². The number of benzene rings is 1. The van der Waals surface area contributed by atoms with Gasteiger partial charge in [-0.1, -0.05) is 19.9 Å². The van der Waals surface area contributed by atoms with Crippen LogP contribution < -0.4 is 5.32 Å². The molecule has 1 aliphatic carbocycles. The Morgan fingerprint density at radius 2 is 2.05 bits per heavy atom. The van der Waals surface area contributed by atoms with Crippen LogP contribution in [0.15, 0.2) is 24.4 Å². The molecular formula is C17H24N2. The first kappa shape index (κ1) is 12.7. The molecule has 1 saturated carbocycles. The summed E-state index contributed by atoms with van der Waals surface area (Å²) in [6.07, 6.45) is 4.98. The van der Waals surface area contributed by atoms with Crippen molar-refractivity contribution >= 4 is 10.9 Å². The molecule has 0 bridgehead atoms. The van der Waals surface area contributed by atoms with Gasteiger partial charge in [0.1, 0.15) is 0 Å². The van der Waals surface area contributed by atoms with Gasteiger partial charge in [-0.05, 0) is 49.1 Å². The minimum absolute atomic E-state index is 0.393. The average molecular weight is 256 g/mol. The van der Waals surface area contributed by atoms with Gasteiger partial charge in [-0.3, -0.25) is 0 Å². The van der Waals surface area contributed by atoms with Crippen molar-refractivity contribution in [2.75, 3.05) is 13.6 Å². The van der Waals surface area contributed by atoms with Gasteiger partial charge in [-0.25, -0.2) is 0 Å². The fraction of sp³-hybridized carbons (Fsp3) is 0.529. The van der Waals surface area contributed by atoms with Crippen molar-refractivity contribution in [3.8, 4) is 0 Å². The zero-order valence-corrected chi connectivity index (χ0v) is 12.5. The fourth-order valence-corrected chi connectivity index (χ4v) is 3.22. The summed E-state index contributed by atoms with van der Waals surface area (Å²) in [7, 11) is 4.22. The predicted molar refractivity (Wildman–Crippen MR) is 81.8 cm³/mol. The first-order chi connectivity index (χ1) is 9.07. The molecule has 102 valence electrons. The highest BCUT2D eigenvalue weighted by Crippen LogP contribution is 2.50. The molecule has 0 aliphatic heterocycles. The molecule has 0 amide bonds. The first-order valence-electron chi connectivity index (χ1n) is 7.31. The molecule has 1 fully saturated rings. The number of nitrogens with one attached hydrogen (secondary N) is 1. The van der Waals surface area contributed by atoms with Crippen LogP contribution in [0.1, 0.15) is 43.7 Å². The molecular weight excluding hydrogens is 232 g/mol. The Bertz CT molecular complexity index is 603. The second kappa shape index (κ2) is 4.38. The second-order valence-electron chi connectivity index (χ2n) is 6.40. The molecule has 1 N–H and O–H groups in total. The van der Waals surface area contributed by atoms with E-state index >= 15 is 0 Å². The maximum Gasteiger partial charge on any atom is 0.0480 e. The van der Waals surface area contributed by atoms with Gasteiger partial charge in [0.05, 0.1) is 0 Å². The molecule has 0 saturated heterocycles. The SMILES string of the molecule is CNCC1(c2cn(C)c3ccc(C(C)C)cc23)CC1. The summed E-state index contributed by atoms with van der Waals surface area (Å²) < 4.78 is 2.28. The molecule has 1 aromatic heterocycles. The number of nitrogens with zero attached hydrogens (tertiary/aromatic N) is 1. The zero-order valence-electron chi connectivity index (χ0n) is 12.5. The lowest BCUT2D eigenvalue weighted by Crippen LogP contribution is -2.23. The van der Waals surface area contributed by atoms with Crippen LogP contribution in [-0.4, -0.2) is 18.2 Å². The van der Waals surface area contributed by atoms with E-state index in [9.17, 15) is 0 Å². The summed E-state index contributed by atoms with van der Waals surface area (Å²) in [6, 6.07) is 6.96. The Morgan fingerprint density at radius 3 is 2.63 bits per heavy atom. The van der Waals surface area contributed by atoms with Crippen molar-refractivity contribution in [1.29, 1.82) is 0 Å².